The Balaban J connectivity index is 1.75. The van der Waals surface area contributed by atoms with E-state index in [4.69, 9.17) is 9.97 Å². The first-order valence-electron chi connectivity index (χ1n) is 10.4. The number of para-hydroxylation sites is 3. The van der Waals surface area contributed by atoms with Gasteiger partial charge in [0.15, 0.2) is 0 Å². The number of thiophene rings is 1. The number of hydrogen-bond donors (Lipinski definition) is 0. The molecule has 0 aliphatic heterocycles. The van der Waals surface area contributed by atoms with Gasteiger partial charge in [0.05, 0.1) is 16.7 Å². The zero-order valence-electron chi connectivity index (χ0n) is 17.7. The van der Waals surface area contributed by atoms with Gasteiger partial charge in [-0.2, -0.15) is 0 Å². The maximum atomic E-state index is 5.13. The molecule has 6 aromatic rings. The number of rotatable bonds is 2. The van der Waals surface area contributed by atoms with E-state index in [0.29, 0.717) is 0 Å². The molecule has 6 rings (SSSR count). The molecule has 0 unspecified atom stereocenters. The molecular weight excluding hydrogens is 398 g/mol. The first kappa shape index (κ1) is 18.3. The van der Waals surface area contributed by atoms with Gasteiger partial charge in [-0.1, -0.05) is 42.5 Å². The second-order valence-electron chi connectivity index (χ2n) is 8.09. The zero-order valence-corrected chi connectivity index (χ0v) is 18.5. The largest absolute Gasteiger partial charge is 0.292 e. The monoisotopic (exact) mass is 419 g/mol. The summed E-state index contributed by atoms with van der Waals surface area (Å²) in [6, 6.07) is 25.7. The quantitative estimate of drug-likeness (QED) is 0.293. The van der Waals surface area contributed by atoms with Gasteiger partial charge in [-0.25, -0.2) is 9.97 Å². The first-order chi connectivity index (χ1) is 15.1. The molecule has 3 nitrogen and oxygen atoms in total. The highest BCUT2D eigenvalue weighted by Crippen LogP contribution is 2.41. The average Bonchev–Trinajstić information content (AvgIpc) is 3.32. The van der Waals surface area contributed by atoms with Crippen molar-refractivity contribution in [2.24, 2.45) is 0 Å². The van der Waals surface area contributed by atoms with Crippen LogP contribution in [0.5, 0.6) is 0 Å². The Kier molecular flexibility index (Phi) is 3.99. The highest BCUT2D eigenvalue weighted by Gasteiger charge is 2.20. The molecular formula is C27H21N3S. The third kappa shape index (κ3) is 2.72. The van der Waals surface area contributed by atoms with E-state index in [-0.39, 0.29) is 0 Å². The molecule has 150 valence electrons. The molecule has 0 radical (unpaired) electrons. The SMILES string of the molecule is Cc1ccc2c(n1)sc1c(-c3nc4ccccc4n3-c3c(C)cccc3C)cccc12. The summed E-state index contributed by atoms with van der Waals surface area (Å²) in [5.74, 6) is 0.979. The second kappa shape index (κ2) is 6.76. The summed E-state index contributed by atoms with van der Waals surface area (Å²) in [6.45, 7) is 6.40. The minimum atomic E-state index is 0.979. The molecule has 0 atom stereocenters. The van der Waals surface area contributed by atoms with Crippen LogP contribution in [0.15, 0.2) is 72.8 Å². The standard InChI is InChI=1S/C27H21N3S/c1-16-8-6-9-17(2)24(16)30-23-13-5-4-12-22(23)29-26(30)21-11-7-10-19-20-15-14-18(3)28-27(20)31-25(19)21/h4-15H,1-3H3. The van der Waals surface area contributed by atoms with Crippen LogP contribution in [0.2, 0.25) is 0 Å². The summed E-state index contributed by atoms with van der Waals surface area (Å²) >= 11 is 1.76. The predicted molar refractivity (Wildman–Crippen MR) is 131 cm³/mol. The molecule has 0 N–H and O–H groups in total. The van der Waals surface area contributed by atoms with E-state index in [1.165, 1.54) is 32.3 Å². The van der Waals surface area contributed by atoms with Gasteiger partial charge < -0.3 is 0 Å². The third-order valence-corrected chi connectivity index (χ3v) is 7.12. The number of nitrogens with zero attached hydrogens (tertiary/aromatic N) is 3. The fourth-order valence-corrected chi connectivity index (χ4v) is 5.77. The molecule has 0 amide bonds. The Bertz CT molecular complexity index is 1600. The number of aromatic nitrogens is 3. The van der Waals surface area contributed by atoms with Gasteiger partial charge in [-0.05, 0) is 62.2 Å². The molecule has 0 bridgehead atoms. The van der Waals surface area contributed by atoms with E-state index in [1.807, 2.05) is 6.92 Å². The fourth-order valence-electron chi connectivity index (χ4n) is 4.54. The van der Waals surface area contributed by atoms with Crippen molar-refractivity contribution in [2.75, 3.05) is 0 Å². The lowest BCUT2D eigenvalue weighted by atomic mass is 10.1. The Morgan fingerprint density at radius 1 is 0.710 bits per heavy atom. The number of benzene rings is 3. The number of imidazole rings is 1. The Hall–Kier alpha value is -3.50. The van der Waals surface area contributed by atoms with Crippen LogP contribution in [0.25, 0.3) is 48.4 Å². The fraction of sp³-hybridized carbons (Fsp3) is 0.111. The van der Waals surface area contributed by atoms with Crippen molar-refractivity contribution >= 4 is 42.7 Å². The average molecular weight is 420 g/mol. The molecule has 4 heteroatoms. The molecule has 0 aliphatic carbocycles. The van der Waals surface area contributed by atoms with Crippen molar-refractivity contribution in [3.63, 3.8) is 0 Å². The summed E-state index contributed by atoms with van der Waals surface area (Å²) in [7, 11) is 0. The maximum absolute atomic E-state index is 5.13. The van der Waals surface area contributed by atoms with Crippen LogP contribution >= 0.6 is 11.3 Å². The minimum absolute atomic E-state index is 0.979. The van der Waals surface area contributed by atoms with Gasteiger partial charge in [0.2, 0.25) is 0 Å². The number of aryl methyl sites for hydroxylation is 3. The Labute approximate surface area is 184 Å². The normalized spacial score (nSPS) is 11.7. The summed E-state index contributed by atoms with van der Waals surface area (Å²) < 4.78 is 3.57. The van der Waals surface area contributed by atoms with E-state index in [0.717, 1.165) is 32.9 Å². The maximum Gasteiger partial charge on any atom is 0.147 e. The third-order valence-electron chi connectivity index (χ3n) is 5.97. The summed E-state index contributed by atoms with van der Waals surface area (Å²) in [5.41, 5.74) is 8.02. The molecule has 31 heavy (non-hydrogen) atoms. The van der Waals surface area contributed by atoms with Gasteiger partial charge in [-0.3, -0.25) is 4.57 Å². The van der Waals surface area contributed by atoms with Crippen molar-refractivity contribution in [1.29, 1.82) is 0 Å². The van der Waals surface area contributed by atoms with Crippen LogP contribution in [-0.2, 0) is 0 Å². The molecule has 0 saturated heterocycles. The number of fused-ring (bicyclic) bond motifs is 4. The highest BCUT2D eigenvalue weighted by atomic mass is 32.1. The molecule has 3 heterocycles. The van der Waals surface area contributed by atoms with Gasteiger partial charge >= 0.3 is 0 Å². The Morgan fingerprint density at radius 3 is 2.32 bits per heavy atom. The Morgan fingerprint density at radius 2 is 1.48 bits per heavy atom. The first-order valence-corrected chi connectivity index (χ1v) is 11.3. The topological polar surface area (TPSA) is 30.7 Å². The lowest BCUT2D eigenvalue weighted by Gasteiger charge is -2.15. The van der Waals surface area contributed by atoms with Crippen molar-refractivity contribution < 1.29 is 0 Å². The van der Waals surface area contributed by atoms with Gasteiger partial charge in [0.1, 0.15) is 10.7 Å². The molecule has 3 aromatic carbocycles. The smallest absolute Gasteiger partial charge is 0.147 e. The van der Waals surface area contributed by atoms with Crippen molar-refractivity contribution in [3.05, 3.63) is 89.6 Å². The van der Waals surface area contributed by atoms with E-state index in [1.54, 1.807) is 11.3 Å². The minimum Gasteiger partial charge on any atom is -0.292 e. The van der Waals surface area contributed by atoms with Crippen LogP contribution in [-0.4, -0.2) is 14.5 Å². The molecule has 0 fully saturated rings. The predicted octanol–water partition coefficient (Wildman–Crippen LogP) is 7.38. The van der Waals surface area contributed by atoms with Gasteiger partial charge in [0, 0.05) is 26.7 Å². The van der Waals surface area contributed by atoms with Crippen LogP contribution in [0.3, 0.4) is 0 Å². The van der Waals surface area contributed by atoms with Crippen LogP contribution in [0.1, 0.15) is 16.8 Å². The van der Waals surface area contributed by atoms with Crippen molar-refractivity contribution in [3.8, 4) is 17.1 Å². The van der Waals surface area contributed by atoms with Crippen LogP contribution in [0.4, 0.5) is 0 Å². The van der Waals surface area contributed by atoms with Crippen LogP contribution in [0, 0.1) is 20.8 Å². The van der Waals surface area contributed by atoms with Crippen molar-refractivity contribution in [1.82, 2.24) is 14.5 Å². The molecule has 0 saturated carbocycles. The summed E-state index contributed by atoms with van der Waals surface area (Å²) in [6.07, 6.45) is 0. The van der Waals surface area contributed by atoms with E-state index in [9.17, 15) is 0 Å². The zero-order chi connectivity index (χ0) is 21.1. The summed E-state index contributed by atoms with van der Waals surface area (Å²) in [5, 5.41) is 2.45. The van der Waals surface area contributed by atoms with E-state index < -0.39 is 0 Å². The van der Waals surface area contributed by atoms with E-state index in [2.05, 4.69) is 91.2 Å². The number of pyridine rings is 1. The van der Waals surface area contributed by atoms with Crippen molar-refractivity contribution in [2.45, 2.75) is 20.8 Å². The molecule has 0 aliphatic rings. The number of hydrogen-bond acceptors (Lipinski definition) is 3. The second-order valence-corrected chi connectivity index (χ2v) is 9.09. The molecule has 0 spiro atoms. The van der Waals surface area contributed by atoms with Gasteiger partial charge in [0.25, 0.3) is 0 Å². The lowest BCUT2D eigenvalue weighted by molar-refractivity contribution is 1.07. The summed E-state index contributed by atoms with van der Waals surface area (Å²) in [4.78, 5) is 11.0. The highest BCUT2D eigenvalue weighted by molar-refractivity contribution is 7.26. The van der Waals surface area contributed by atoms with Gasteiger partial charge in [-0.15, -0.1) is 11.3 Å². The van der Waals surface area contributed by atoms with E-state index >= 15 is 0 Å². The van der Waals surface area contributed by atoms with Crippen LogP contribution < -0.4 is 0 Å². The lowest BCUT2D eigenvalue weighted by Crippen LogP contribution is -2.02. The molecule has 3 aromatic heterocycles.